The van der Waals surface area contributed by atoms with Gasteiger partial charge in [0, 0.05) is 18.8 Å². The van der Waals surface area contributed by atoms with Gasteiger partial charge in [-0.2, -0.15) is 0 Å². The number of carbonyl (C=O) groups excluding carboxylic acids is 2. The van der Waals surface area contributed by atoms with Crippen LogP contribution in [-0.2, 0) is 16.0 Å². The first-order valence-corrected chi connectivity index (χ1v) is 11.8. The second kappa shape index (κ2) is 10.1. The molecule has 0 N–H and O–H groups in total. The number of anilines is 1. The topological polar surface area (TPSA) is 40.6 Å². The molecule has 0 saturated carbocycles. The number of carbonyl (C=O) groups is 2. The molecule has 0 aliphatic carbocycles. The number of aryl methyl sites for hydroxylation is 1. The second-order valence-electron chi connectivity index (χ2n) is 8.64. The zero-order valence-electron chi connectivity index (χ0n) is 18.8. The number of rotatable bonds is 9. The van der Waals surface area contributed by atoms with Crippen LogP contribution in [0.1, 0.15) is 63.0 Å². The van der Waals surface area contributed by atoms with Gasteiger partial charge in [0.2, 0.25) is 0 Å². The maximum atomic E-state index is 13.6. The van der Waals surface area contributed by atoms with E-state index in [0.717, 1.165) is 37.8 Å². The minimum Gasteiger partial charge on any atom is -0.336 e. The van der Waals surface area contributed by atoms with Crippen molar-refractivity contribution in [3.8, 4) is 0 Å². The smallest absolute Gasteiger partial charge is 0.278 e. The number of hydrogen-bond donors (Lipinski definition) is 0. The van der Waals surface area contributed by atoms with Crippen LogP contribution in [-0.4, -0.2) is 29.8 Å². The third-order valence-electron chi connectivity index (χ3n) is 6.39. The van der Waals surface area contributed by atoms with E-state index in [9.17, 15) is 14.0 Å². The Kier molecular flexibility index (Phi) is 7.03. The maximum Gasteiger partial charge on any atom is 0.278 e. The van der Waals surface area contributed by atoms with Gasteiger partial charge >= 0.3 is 0 Å². The van der Waals surface area contributed by atoms with Crippen molar-refractivity contribution in [3.63, 3.8) is 0 Å². The van der Waals surface area contributed by atoms with E-state index in [-0.39, 0.29) is 17.6 Å². The molecule has 0 bridgehead atoms. The van der Waals surface area contributed by atoms with Crippen molar-refractivity contribution < 1.29 is 14.0 Å². The fraction of sp³-hybridized carbons (Fsp3) is 0.407. The zero-order chi connectivity index (χ0) is 22.5. The standard InChI is InChI=1S/C27H31FN2O2/c1-2-3-4-5-6-9-18-30-26(31)24(21-14-16-22(28)17-15-21)25(27(30)32)29-19-10-12-20-11-7-8-13-23(20)29/h7-8,11,13-17H,2-6,9-10,12,18-19H2,1H3. The van der Waals surface area contributed by atoms with Crippen LogP contribution in [0.25, 0.3) is 5.57 Å². The van der Waals surface area contributed by atoms with E-state index in [1.54, 1.807) is 12.1 Å². The Hall–Kier alpha value is -2.95. The normalized spacial score (nSPS) is 16.2. The summed E-state index contributed by atoms with van der Waals surface area (Å²) in [5.41, 5.74) is 3.57. The van der Waals surface area contributed by atoms with E-state index in [1.807, 2.05) is 23.1 Å². The van der Waals surface area contributed by atoms with E-state index >= 15 is 0 Å². The summed E-state index contributed by atoms with van der Waals surface area (Å²) in [6.07, 6.45) is 8.39. The molecular formula is C27H31FN2O2. The lowest BCUT2D eigenvalue weighted by atomic mass is 9.98. The number of amides is 2. The Morgan fingerprint density at radius 3 is 2.38 bits per heavy atom. The Labute approximate surface area is 189 Å². The van der Waals surface area contributed by atoms with Gasteiger partial charge in [-0.1, -0.05) is 69.4 Å². The molecule has 32 heavy (non-hydrogen) atoms. The predicted octanol–water partition coefficient (Wildman–Crippen LogP) is 5.72. The Balaban J connectivity index is 1.65. The molecule has 0 aromatic heterocycles. The summed E-state index contributed by atoms with van der Waals surface area (Å²) in [7, 11) is 0. The van der Waals surface area contributed by atoms with Gasteiger partial charge in [-0.25, -0.2) is 4.39 Å². The minimum atomic E-state index is -0.361. The van der Waals surface area contributed by atoms with E-state index in [2.05, 4.69) is 13.0 Å². The molecule has 0 saturated heterocycles. The highest BCUT2D eigenvalue weighted by Crippen LogP contribution is 2.38. The van der Waals surface area contributed by atoms with E-state index in [0.29, 0.717) is 29.9 Å². The molecule has 4 rings (SSSR count). The first kappa shape index (κ1) is 22.3. The fourth-order valence-electron chi connectivity index (χ4n) is 4.71. The molecule has 2 aliphatic heterocycles. The van der Waals surface area contributed by atoms with Gasteiger partial charge < -0.3 is 4.90 Å². The van der Waals surface area contributed by atoms with Crippen molar-refractivity contribution in [2.75, 3.05) is 18.0 Å². The average Bonchev–Trinajstić information content (AvgIpc) is 3.06. The molecule has 168 valence electrons. The summed E-state index contributed by atoms with van der Waals surface area (Å²) in [6.45, 7) is 3.29. The molecule has 0 atom stereocenters. The third-order valence-corrected chi connectivity index (χ3v) is 6.39. The first-order chi connectivity index (χ1) is 15.6. The van der Waals surface area contributed by atoms with Crippen molar-refractivity contribution >= 4 is 23.1 Å². The number of nitrogens with zero attached hydrogens (tertiary/aromatic N) is 2. The highest BCUT2D eigenvalue weighted by atomic mass is 19.1. The number of para-hydroxylation sites is 1. The van der Waals surface area contributed by atoms with Crippen LogP contribution in [0.4, 0.5) is 10.1 Å². The summed E-state index contributed by atoms with van der Waals surface area (Å²) in [5, 5.41) is 0. The molecule has 0 radical (unpaired) electrons. The molecule has 2 aliphatic rings. The number of unbranched alkanes of at least 4 members (excludes halogenated alkanes) is 5. The Bertz CT molecular complexity index is 1010. The van der Waals surface area contributed by atoms with Crippen molar-refractivity contribution in [3.05, 3.63) is 71.2 Å². The molecule has 2 heterocycles. The van der Waals surface area contributed by atoms with Gasteiger partial charge in [0.15, 0.2) is 0 Å². The van der Waals surface area contributed by atoms with Crippen molar-refractivity contribution in [1.29, 1.82) is 0 Å². The second-order valence-corrected chi connectivity index (χ2v) is 8.64. The number of halogens is 1. The van der Waals surface area contributed by atoms with Crippen LogP contribution in [0, 0.1) is 5.82 Å². The molecule has 2 amide bonds. The molecule has 0 unspecified atom stereocenters. The maximum absolute atomic E-state index is 13.6. The van der Waals surface area contributed by atoms with Crippen LogP contribution >= 0.6 is 0 Å². The fourth-order valence-corrected chi connectivity index (χ4v) is 4.71. The van der Waals surface area contributed by atoms with Crippen molar-refractivity contribution in [2.45, 2.75) is 58.3 Å². The predicted molar refractivity (Wildman–Crippen MR) is 126 cm³/mol. The van der Waals surface area contributed by atoms with Crippen LogP contribution in [0.15, 0.2) is 54.2 Å². The van der Waals surface area contributed by atoms with Gasteiger partial charge in [-0.05, 0) is 48.6 Å². The summed E-state index contributed by atoms with van der Waals surface area (Å²) in [5.74, 6) is -0.868. The van der Waals surface area contributed by atoms with Crippen molar-refractivity contribution in [2.24, 2.45) is 0 Å². The highest BCUT2D eigenvalue weighted by molar-refractivity contribution is 6.36. The zero-order valence-corrected chi connectivity index (χ0v) is 18.8. The van der Waals surface area contributed by atoms with Gasteiger partial charge in [0.1, 0.15) is 11.5 Å². The molecule has 2 aromatic carbocycles. The summed E-state index contributed by atoms with van der Waals surface area (Å²) in [6, 6.07) is 13.9. The van der Waals surface area contributed by atoms with Crippen molar-refractivity contribution in [1.82, 2.24) is 4.90 Å². The van der Waals surface area contributed by atoms with Gasteiger partial charge in [-0.3, -0.25) is 14.5 Å². The number of fused-ring (bicyclic) bond motifs is 1. The monoisotopic (exact) mass is 434 g/mol. The molecule has 4 nitrogen and oxygen atoms in total. The third kappa shape index (κ3) is 4.47. The van der Waals surface area contributed by atoms with Crippen LogP contribution < -0.4 is 4.90 Å². The highest BCUT2D eigenvalue weighted by Gasteiger charge is 2.42. The van der Waals surface area contributed by atoms with Gasteiger partial charge in [0.25, 0.3) is 11.8 Å². The lowest BCUT2D eigenvalue weighted by Crippen LogP contribution is -2.37. The average molecular weight is 435 g/mol. The van der Waals surface area contributed by atoms with Gasteiger partial charge in [-0.15, -0.1) is 0 Å². The number of hydrogen-bond acceptors (Lipinski definition) is 3. The van der Waals surface area contributed by atoms with E-state index in [4.69, 9.17) is 0 Å². The van der Waals surface area contributed by atoms with Crippen LogP contribution in [0.2, 0.25) is 0 Å². The van der Waals surface area contributed by atoms with Gasteiger partial charge in [0.05, 0.1) is 5.57 Å². The lowest BCUT2D eigenvalue weighted by Gasteiger charge is -2.32. The molecule has 0 spiro atoms. The summed E-state index contributed by atoms with van der Waals surface area (Å²) >= 11 is 0. The lowest BCUT2D eigenvalue weighted by molar-refractivity contribution is -0.137. The molecular weight excluding hydrogens is 403 g/mol. The number of imide groups is 1. The molecule has 2 aromatic rings. The minimum absolute atomic E-state index is 0.236. The first-order valence-electron chi connectivity index (χ1n) is 11.8. The van der Waals surface area contributed by atoms with Crippen LogP contribution in [0.3, 0.4) is 0 Å². The van der Waals surface area contributed by atoms with E-state index < -0.39 is 0 Å². The summed E-state index contributed by atoms with van der Waals surface area (Å²) < 4.78 is 13.6. The van der Waals surface area contributed by atoms with E-state index in [1.165, 1.54) is 41.9 Å². The Morgan fingerprint density at radius 2 is 1.59 bits per heavy atom. The molecule has 0 fully saturated rings. The SMILES string of the molecule is CCCCCCCCN1C(=O)C(c2ccc(F)cc2)=C(N2CCCc3ccccc32)C1=O. The molecule has 5 heteroatoms. The quantitative estimate of drug-likeness (QED) is 0.374. The Morgan fingerprint density at radius 1 is 0.875 bits per heavy atom. The van der Waals surface area contributed by atoms with Crippen LogP contribution in [0.5, 0.6) is 0 Å². The number of benzene rings is 2. The summed E-state index contributed by atoms with van der Waals surface area (Å²) in [4.78, 5) is 30.4. The largest absolute Gasteiger partial charge is 0.336 e.